The van der Waals surface area contributed by atoms with Gasteiger partial charge in [-0.1, -0.05) is 6.92 Å². The topological polar surface area (TPSA) is 49.6 Å². The normalized spacial score (nSPS) is 24.4. The fourth-order valence-electron chi connectivity index (χ4n) is 1.93. The van der Waals surface area contributed by atoms with E-state index < -0.39 is 0 Å². The van der Waals surface area contributed by atoms with Gasteiger partial charge in [0.1, 0.15) is 0 Å². The van der Waals surface area contributed by atoms with Crippen LogP contribution >= 0.6 is 0 Å². The van der Waals surface area contributed by atoms with E-state index in [9.17, 15) is 4.79 Å². The highest BCUT2D eigenvalue weighted by atomic mass is 16.2. The van der Waals surface area contributed by atoms with Crippen LogP contribution in [0.15, 0.2) is 0 Å². The van der Waals surface area contributed by atoms with E-state index in [0.29, 0.717) is 19.1 Å². The minimum atomic E-state index is 0.252. The third-order valence-electron chi connectivity index (χ3n) is 2.79. The molecule has 1 aliphatic rings. The lowest BCUT2D eigenvalue weighted by molar-refractivity contribution is -0.137. The molecule has 4 nitrogen and oxygen atoms in total. The first-order valence-corrected chi connectivity index (χ1v) is 5.37. The SMILES string of the molecule is CCCN1CC(CCN)N(C)CC1=O. The summed E-state index contributed by atoms with van der Waals surface area (Å²) >= 11 is 0. The Labute approximate surface area is 86.0 Å². The molecule has 0 aliphatic carbocycles. The van der Waals surface area contributed by atoms with Gasteiger partial charge in [-0.15, -0.1) is 0 Å². The van der Waals surface area contributed by atoms with Crippen LogP contribution in [-0.2, 0) is 4.79 Å². The lowest BCUT2D eigenvalue weighted by Gasteiger charge is -2.38. The molecule has 82 valence electrons. The lowest BCUT2D eigenvalue weighted by Crippen LogP contribution is -2.55. The van der Waals surface area contributed by atoms with E-state index in [-0.39, 0.29) is 5.91 Å². The maximum absolute atomic E-state index is 11.6. The third-order valence-corrected chi connectivity index (χ3v) is 2.79. The van der Waals surface area contributed by atoms with E-state index in [1.807, 2.05) is 11.9 Å². The van der Waals surface area contributed by atoms with Crippen LogP contribution in [0.5, 0.6) is 0 Å². The van der Waals surface area contributed by atoms with Crippen LogP contribution < -0.4 is 5.73 Å². The number of likely N-dealkylation sites (N-methyl/N-ethyl adjacent to an activating group) is 1. The number of hydrogen-bond acceptors (Lipinski definition) is 3. The Morgan fingerprint density at radius 2 is 2.29 bits per heavy atom. The molecule has 1 aliphatic heterocycles. The summed E-state index contributed by atoms with van der Waals surface area (Å²) in [5.41, 5.74) is 5.55. The Bertz CT molecular complexity index is 196. The molecule has 0 radical (unpaired) electrons. The van der Waals surface area contributed by atoms with Crippen molar-refractivity contribution in [2.75, 3.05) is 33.2 Å². The van der Waals surface area contributed by atoms with E-state index in [1.165, 1.54) is 0 Å². The molecule has 2 N–H and O–H groups in total. The number of nitrogens with zero attached hydrogens (tertiary/aromatic N) is 2. The zero-order chi connectivity index (χ0) is 10.6. The summed E-state index contributed by atoms with van der Waals surface area (Å²) < 4.78 is 0. The summed E-state index contributed by atoms with van der Waals surface area (Å²) in [4.78, 5) is 15.7. The Morgan fingerprint density at radius 3 is 2.86 bits per heavy atom. The summed E-state index contributed by atoms with van der Waals surface area (Å²) in [6.07, 6.45) is 2.01. The number of piperazine rings is 1. The number of nitrogens with two attached hydrogens (primary N) is 1. The third kappa shape index (κ3) is 2.69. The van der Waals surface area contributed by atoms with Crippen molar-refractivity contribution in [3.8, 4) is 0 Å². The Hall–Kier alpha value is -0.610. The van der Waals surface area contributed by atoms with Gasteiger partial charge in [0.15, 0.2) is 0 Å². The minimum Gasteiger partial charge on any atom is -0.340 e. The summed E-state index contributed by atoms with van der Waals surface area (Å²) in [7, 11) is 2.00. The first-order chi connectivity index (χ1) is 6.69. The molecule has 4 heteroatoms. The molecule has 1 amide bonds. The summed E-state index contributed by atoms with van der Waals surface area (Å²) in [5.74, 6) is 0.252. The predicted molar refractivity (Wildman–Crippen MR) is 57.0 cm³/mol. The molecule has 0 spiro atoms. The van der Waals surface area contributed by atoms with E-state index in [0.717, 1.165) is 25.9 Å². The molecular weight excluding hydrogens is 178 g/mol. The molecule has 0 aromatic heterocycles. The first-order valence-electron chi connectivity index (χ1n) is 5.37. The molecule has 0 aromatic carbocycles. The highest BCUT2D eigenvalue weighted by molar-refractivity contribution is 5.79. The highest BCUT2D eigenvalue weighted by Gasteiger charge is 2.28. The maximum atomic E-state index is 11.6. The van der Waals surface area contributed by atoms with Gasteiger partial charge in [-0.25, -0.2) is 0 Å². The van der Waals surface area contributed by atoms with Crippen LogP contribution in [0.4, 0.5) is 0 Å². The summed E-state index contributed by atoms with van der Waals surface area (Å²) in [6.45, 7) is 5.07. The van der Waals surface area contributed by atoms with Crippen molar-refractivity contribution in [3.63, 3.8) is 0 Å². The Morgan fingerprint density at radius 1 is 1.57 bits per heavy atom. The average Bonchev–Trinajstić information content (AvgIpc) is 2.14. The van der Waals surface area contributed by atoms with Gasteiger partial charge in [0.05, 0.1) is 6.54 Å². The van der Waals surface area contributed by atoms with Gasteiger partial charge in [-0.2, -0.15) is 0 Å². The van der Waals surface area contributed by atoms with Crippen LogP contribution in [0, 0.1) is 0 Å². The largest absolute Gasteiger partial charge is 0.340 e. The molecule has 0 aromatic rings. The zero-order valence-electron chi connectivity index (χ0n) is 9.20. The second kappa shape index (κ2) is 5.32. The number of amides is 1. The fourth-order valence-corrected chi connectivity index (χ4v) is 1.93. The monoisotopic (exact) mass is 199 g/mol. The number of rotatable bonds is 4. The van der Waals surface area contributed by atoms with Gasteiger partial charge >= 0.3 is 0 Å². The predicted octanol–water partition coefficient (Wildman–Crippen LogP) is -0.112. The number of hydrogen-bond donors (Lipinski definition) is 1. The van der Waals surface area contributed by atoms with Gasteiger partial charge in [-0.05, 0) is 26.4 Å². The van der Waals surface area contributed by atoms with Gasteiger partial charge in [0, 0.05) is 19.1 Å². The van der Waals surface area contributed by atoms with Crippen LogP contribution in [0.1, 0.15) is 19.8 Å². The molecule has 14 heavy (non-hydrogen) atoms. The van der Waals surface area contributed by atoms with E-state index in [1.54, 1.807) is 0 Å². The van der Waals surface area contributed by atoms with Crippen molar-refractivity contribution < 1.29 is 4.79 Å². The lowest BCUT2D eigenvalue weighted by atomic mass is 10.1. The molecule has 1 saturated heterocycles. The van der Waals surface area contributed by atoms with E-state index >= 15 is 0 Å². The number of carbonyl (C=O) groups is 1. The van der Waals surface area contributed by atoms with Crippen LogP contribution in [0.25, 0.3) is 0 Å². The standard InChI is InChI=1S/C10H21N3O/c1-3-6-13-7-9(4-5-11)12(2)8-10(13)14/h9H,3-8,11H2,1-2H3. The quantitative estimate of drug-likeness (QED) is 0.687. The first kappa shape index (κ1) is 11.5. The van der Waals surface area contributed by atoms with Crippen molar-refractivity contribution in [1.82, 2.24) is 9.80 Å². The van der Waals surface area contributed by atoms with Gasteiger partial charge in [0.2, 0.25) is 5.91 Å². The second-order valence-electron chi connectivity index (χ2n) is 3.99. The van der Waals surface area contributed by atoms with Crippen molar-refractivity contribution in [2.24, 2.45) is 5.73 Å². The molecule has 1 atom stereocenters. The fraction of sp³-hybridized carbons (Fsp3) is 0.900. The molecule has 1 fully saturated rings. The highest BCUT2D eigenvalue weighted by Crippen LogP contribution is 2.11. The van der Waals surface area contributed by atoms with Crippen LogP contribution in [0.3, 0.4) is 0 Å². The van der Waals surface area contributed by atoms with Crippen molar-refractivity contribution >= 4 is 5.91 Å². The second-order valence-corrected chi connectivity index (χ2v) is 3.99. The molecule has 1 rings (SSSR count). The summed E-state index contributed by atoms with van der Waals surface area (Å²) in [6, 6.07) is 0.448. The summed E-state index contributed by atoms with van der Waals surface area (Å²) in [5, 5.41) is 0. The molecule has 1 unspecified atom stereocenters. The molecule has 0 bridgehead atoms. The van der Waals surface area contributed by atoms with Crippen molar-refractivity contribution in [3.05, 3.63) is 0 Å². The molecular formula is C10H21N3O. The van der Waals surface area contributed by atoms with Crippen molar-refractivity contribution in [2.45, 2.75) is 25.8 Å². The average molecular weight is 199 g/mol. The van der Waals surface area contributed by atoms with Gasteiger partial charge < -0.3 is 10.6 Å². The molecule has 0 saturated carbocycles. The minimum absolute atomic E-state index is 0.252. The number of carbonyl (C=O) groups excluding carboxylic acids is 1. The maximum Gasteiger partial charge on any atom is 0.236 e. The van der Waals surface area contributed by atoms with Gasteiger partial charge in [-0.3, -0.25) is 9.69 Å². The van der Waals surface area contributed by atoms with E-state index in [4.69, 9.17) is 5.73 Å². The Balaban J connectivity index is 2.51. The van der Waals surface area contributed by atoms with Gasteiger partial charge in [0.25, 0.3) is 0 Å². The van der Waals surface area contributed by atoms with Crippen LogP contribution in [-0.4, -0.2) is 55.0 Å². The zero-order valence-corrected chi connectivity index (χ0v) is 9.20. The molecule has 1 heterocycles. The van der Waals surface area contributed by atoms with E-state index in [2.05, 4.69) is 11.8 Å². The van der Waals surface area contributed by atoms with Crippen molar-refractivity contribution in [1.29, 1.82) is 0 Å². The smallest absolute Gasteiger partial charge is 0.236 e. The van der Waals surface area contributed by atoms with Crippen LogP contribution in [0.2, 0.25) is 0 Å². The Kier molecular flexibility index (Phi) is 4.35.